The van der Waals surface area contributed by atoms with Crippen LogP contribution in [0.1, 0.15) is 23.3 Å². The number of para-hydroxylation sites is 1. The number of amides is 2. The Balaban J connectivity index is 1.43. The van der Waals surface area contributed by atoms with Crippen LogP contribution in [0.25, 0.3) is 16.5 Å². The molecule has 3 heterocycles. The van der Waals surface area contributed by atoms with E-state index in [0.29, 0.717) is 28.7 Å². The van der Waals surface area contributed by atoms with Crippen molar-refractivity contribution in [2.75, 3.05) is 23.3 Å². The highest BCUT2D eigenvalue weighted by Gasteiger charge is 2.25. The standard InChI is InChI=1S/C26H24N6O3/c27-24(33)17-7-6-14-31(16-17)22-13-12-18(15-28-22)29-25(34)23-20-10-4-5-11-21(20)26(35)32(30-23)19-8-2-1-3-9-19/h1-5,8-13,15,17H,6-7,14,16H2,(H2,27,33)(H,29,34). The van der Waals surface area contributed by atoms with Crippen molar-refractivity contribution >= 4 is 34.1 Å². The number of primary amides is 1. The second kappa shape index (κ2) is 9.38. The summed E-state index contributed by atoms with van der Waals surface area (Å²) >= 11 is 0. The van der Waals surface area contributed by atoms with Gasteiger partial charge in [0.15, 0.2) is 5.69 Å². The minimum Gasteiger partial charge on any atom is -0.369 e. The molecular weight excluding hydrogens is 444 g/mol. The summed E-state index contributed by atoms with van der Waals surface area (Å²) in [6.07, 6.45) is 3.21. The van der Waals surface area contributed by atoms with E-state index in [9.17, 15) is 14.4 Å². The number of nitrogens with zero attached hydrogens (tertiary/aromatic N) is 4. The minimum atomic E-state index is -0.452. The van der Waals surface area contributed by atoms with Crippen LogP contribution in [0, 0.1) is 5.92 Å². The Morgan fingerprint density at radius 3 is 2.43 bits per heavy atom. The molecule has 4 aromatic rings. The number of anilines is 2. The molecular formula is C26H24N6O3. The van der Waals surface area contributed by atoms with E-state index in [-0.39, 0.29) is 23.1 Å². The molecule has 0 spiro atoms. The lowest BCUT2D eigenvalue weighted by Crippen LogP contribution is -2.41. The summed E-state index contributed by atoms with van der Waals surface area (Å²) in [5, 5.41) is 8.11. The van der Waals surface area contributed by atoms with Gasteiger partial charge in [0.05, 0.1) is 28.9 Å². The Morgan fingerprint density at radius 2 is 1.71 bits per heavy atom. The van der Waals surface area contributed by atoms with Crippen LogP contribution < -0.4 is 21.5 Å². The lowest BCUT2D eigenvalue weighted by Gasteiger charge is -2.32. The van der Waals surface area contributed by atoms with Gasteiger partial charge < -0.3 is 16.0 Å². The van der Waals surface area contributed by atoms with Crippen molar-refractivity contribution in [1.29, 1.82) is 0 Å². The largest absolute Gasteiger partial charge is 0.369 e. The second-order valence-corrected chi connectivity index (χ2v) is 8.49. The summed E-state index contributed by atoms with van der Waals surface area (Å²) < 4.78 is 1.24. The van der Waals surface area contributed by atoms with Crippen molar-refractivity contribution < 1.29 is 9.59 Å². The lowest BCUT2D eigenvalue weighted by atomic mass is 9.97. The van der Waals surface area contributed by atoms with Crippen molar-refractivity contribution in [3.8, 4) is 5.69 Å². The molecule has 35 heavy (non-hydrogen) atoms. The molecule has 9 heteroatoms. The van der Waals surface area contributed by atoms with Crippen LogP contribution in [0.5, 0.6) is 0 Å². The Bertz CT molecular complexity index is 1450. The van der Waals surface area contributed by atoms with E-state index in [4.69, 9.17) is 5.73 Å². The topological polar surface area (TPSA) is 123 Å². The molecule has 2 amide bonds. The fourth-order valence-electron chi connectivity index (χ4n) is 4.36. The number of pyridine rings is 1. The first kappa shape index (κ1) is 22.3. The minimum absolute atomic E-state index is 0.133. The number of carbonyl (C=O) groups excluding carboxylic acids is 2. The highest BCUT2D eigenvalue weighted by Crippen LogP contribution is 2.23. The van der Waals surface area contributed by atoms with Crippen molar-refractivity contribution in [2.24, 2.45) is 11.7 Å². The van der Waals surface area contributed by atoms with E-state index < -0.39 is 5.91 Å². The predicted octanol–water partition coefficient (Wildman–Crippen LogP) is 2.73. The molecule has 1 unspecified atom stereocenters. The lowest BCUT2D eigenvalue weighted by molar-refractivity contribution is -0.122. The zero-order valence-electron chi connectivity index (χ0n) is 18.9. The highest BCUT2D eigenvalue weighted by molar-refractivity contribution is 6.11. The van der Waals surface area contributed by atoms with Gasteiger partial charge in [-0.05, 0) is 43.2 Å². The molecule has 1 aliphatic rings. The number of fused-ring (bicyclic) bond motifs is 1. The highest BCUT2D eigenvalue weighted by atomic mass is 16.2. The van der Waals surface area contributed by atoms with Gasteiger partial charge in [-0.3, -0.25) is 14.4 Å². The molecule has 9 nitrogen and oxygen atoms in total. The fraction of sp³-hybridized carbons (Fsp3) is 0.192. The molecule has 1 saturated heterocycles. The third kappa shape index (κ3) is 4.48. The van der Waals surface area contributed by atoms with Crippen molar-refractivity contribution in [2.45, 2.75) is 12.8 Å². The molecule has 2 aromatic heterocycles. The van der Waals surface area contributed by atoms with Crippen LogP contribution in [-0.4, -0.2) is 39.7 Å². The summed E-state index contributed by atoms with van der Waals surface area (Å²) in [5.74, 6) is -0.220. The van der Waals surface area contributed by atoms with E-state index in [1.807, 2.05) is 11.0 Å². The van der Waals surface area contributed by atoms with Gasteiger partial charge in [0.2, 0.25) is 5.91 Å². The van der Waals surface area contributed by atoms with Crippen molar-refractivity contribution in [3.63, 3.8) is 0 Å². The normalized spacial score (nSPS) is 15.7. The number of hydrogen-bond donors (Lipinski definition) is 2. The SMILES string of the molecule is NC(=O)C1CCCN(c2ccc(NC(=O)c3nn(-c4ccccc4)c(=O)c4ccccc34)cn2)C1. The van der Waals surface area contributed by atoms with Gasteiger partial charge in [0, 0.05) is 18.5 Å². The zero-order chi connectivity index (χ0) is 24.4. The Morgan fingerprint density at radius 1 is 0.971 bits per heavy atom. The number of aromatic nitrogens is 3. The molecule has 0 radical (unpaired) electrons. The molecule has 2 aromatic carbocycles. The van der Waals surface area contributed by atoms with Gasteiger partial charge in [-0.15, -0.1) is 0 Å². The first-order valence-corrected chi connectivity index (χ1v) is 11.4. The Hall–Kier alpha value is -4.53. The van der Waals surface area contributed by atoms with E-state index in [1.165, 1.54) is 4.68 Å². The smallest absolute Gasteiger partial charge is 0.279 e. The number of hydrogen-bond acceptors (Lipinski definition) is 6. The van der Waals surface area contributed by atoms with Crippen LogP contribution in [0.4, 0.5) is 11.5 Å². The molecule has 1 aliphatic heterocycles. The maximum absolute atomic E-state index is 13.2. The zero-order valence-corrected chi connectivity index (χ0v) is 18.9. The van der Waals surface area contributed by atoms with E-state index >= 15 is 0 Å². The van der Waals surface area contributed by atoms with Crippen LogP contribution in [-0.2, 0) is 4.79 Å². The van der Waals surface area contributed by atoms with Gasteiger partial charge in [0.1, 0.15) is 5.82 Å². The summed E-state index contributed by atoms with van der Waals surface area (Å²) in [7, 11) is 0. The number of benzene rings is 2. The Labute approximate surface area is 201 Å². The summed E-state index contributed by atoms with van der Waals surface area (Å²) in [5.41, 5.74) is 6.37. The maximum atomic E-state index is 13.2. The van der Waals surface area contributed by atoms with Gasteiger partial charge in [-0.25, -0.2) is 4.98 Å². The third-order valence-electron chi connectivity index (χ3n) is 6.17. The van der Waals surface area contributed by atoms with Gasteiger partial charge in [-0.1, -0.05) is 36.4 Å². The van der Waals surface area contributed by atoms with E-state index in [0.717, 1.165) is 25.2 Å². The molecule has 3 N–H and O–H groups in total. The number of rotatable bonds is 5. The van der Waals surface area contributed by atoms with Crippen molar-refractivity contribution in [3.05, 3.63) is 89.0 Å². The fourth-order valence-corrected chi connectivity index (χ4v) is 4.36. The third-order valence-corrected chi connectivity index (χ3v) is 6.17. The van der Waals surface area contributed by atoms with Crippen LogP contribution in [0.15, 0.2) is 77.7 Å². The van der Waals surface area contributed by atoms with Gasteiger partial charge >= 0.3 is 0 Å². The molecule has 1 fully saturated rings. The molecule has 176 valence electrons. The number of nitrogens with one attached hydrogen (secondary N) is 1. The quantitative estimate of drug-likeness (QED) is 0.464. The molecule has 0 aliphatic carbocycles. The summed E-state index contributed by atoms with van der Waals surface area (Å²) in [4.78, 5) is 44.4. The first-order chi connectivity index (χ1) is 17.0. The molecule has 5 rings (SSSR count). The van der Waals surface area contributed by atoms with Crippen LogP contribution >= 0.6 is 0 Å². The monoisotopic (exact) mass is 468 g/mol. The van der Waals surface area contributed by atoms with E-state index in [2.05, 4.69) is 15.4 Å². The number of nitrogens with two attached hydrogens (primary N) is 1. The van der Waals surface area contributed by atoms with Gasteiger partial charge in [-0.2, -0.15) is 9.78 Å². The summed E-state index contributed by atoms with van der Waals surface area (Å²) in [6, 6.07) is 19.4. The molecule has 0 saturated carbocycles. The second-order valence-electron chi connectivity index (χ2n) is 8.49. The predicted molar refractivity (Wildman–Crippen MR) is 134 cm³/mol. The van der Waals surface area contributed by atoms with Crippen LogP contribution in [0.3, 0.4) is 0 Å². The molecule has 1 atom stereocenters. The first-order valence-electron chi connectivity index (χ1n) is 11.4. The Kier molecular flexibility index (Phi) is 5.97. The maximum Gasteiger partial charge on any atom is 0.279 e. The summed E-state index contributed by atoms with van der Waals surface area (Å²) in [6.45, 7) is 1.32. The van der Waals surface area contributed by atoms with Gasteiger partial charge in [0.25, 0.3) is 11.5 Å². The van der Waals surface area contributed by atoms with Crippen molar-refractivity contribution in [1.82, 2.24) is 14.8 Å². The molecule has 0 bridgehead atoms. The average Bonchev–Trinajstić information content (AvgIpc) is 2.90. The number of piperidine rings is 1. The van der Waals surface area contributed by atoms with Crippen LogP contribution in [0.2, 0.25) is 0 Å². The average molecular weight is 469 g/mol. The van der Waals surface area contributed by atoms with E-state index in [1.54, 1.807) is 66.9 Å². The number of carbonyl (C=O) groups is 2.